The summed E-state index contributed by atoms with van der Waals surface area (Å²) < 4.78 is 11.5. The fourth-order valence-electron chi connectivity index (χ4n) is 3.21. The van der Waals surface area contributed by atoms with Crippen molar-refractivity contribution in [3.63, 3.8) is 0 Å². The number of methoxy groups -OCH3 is 2. The summed E-state index contributed by atoms with van der Waals surface area (Å²) in [7, 11) is 3.31. The number of amides is 1. The highest BCUT2D eigenvalue weighted by Gasteiger charge is 2.24. The lowest BCUT2D eigenvalue weighted by Gasteiger charge is -2.35. The van der Waals surface area contributed by atoms with Crippen LogP contribution in [0.1, 0.15) is 15.9 Å². The minimum Gasteiger partial charge on any atom is -0.507 e. The molecule has 7 heteroatoms. The predicted molar refractivity (Wildman–Crippen MR) is 107 cm³/mol. The zero-order valence-corrected chi connectivity index (χ0v) is 17.0. The van der Waals surface area contributed by atoms with Crippen molar-refractivity contribution in [3.05, 3.63) is 52.0 Å². The van der Waals surface area contributed by atoms with Crippen LogP contribution in [0, 0.1) is 0 Å². The number of hydrogen-bond acceptors (Lipinski definition) is 5. The molecule has 1 aliphatic rings. The van der Waals surface area contributed by atoms with Gasteiger partial charge in [0.15, 0.2) is 0 Å². The van der Waals surface area contributed by atoms with E-state index in [0.717, 1.165) is 41.2 Å². The maximum atomic E-state index is 12.7. The second-order valence-corrected chi connectivity index (χ2v) is 7.32. The molecule has 0 aromatic heterocycles. The third-order valence-corrected chi connectivity index (χ3v) is 5.22. The summed E-state index contributed by atoms with van der Waals surface area (Å²) >= 11 is 3.35. The molecular formula is C20H23BrN2O4. The minimum atomic E-state index is -0.146. The van der Waals surface area contributed by atoms with Crippen molar-refractivity contribution >= 4 is 21.8 Å². The maximum absolute atomic E-state index is 12.7. The highest BCUT2D eigenvalue weighted by molar-refractivity contribution is 9.10. The van der Waals surface area contributed by atoms with E-state index in [1.807, 2.05) is 18.2 Å². The van der Waals surface area contributed by atoms with Crippen molar-refractivity contribution in [2.45, 2.75) is 6.54 Å². The van der Waals surface area contributed by atoms with E-state index in [1.54, 1.807) is 31.3 Å². The molecule has 1 saturated heterocycles. The molecule has 6 nitrogen and oxygen atoms in total. The van der Waals surface area contributed by atoms with Gasteiger partial charge in [-0.25, -0.2) is 0 Å². The van der Waals surface area contributed by atoms with E-state index in [4.69, 9.17) is 9.47 Å². The molecule has 0 radical (unpaired) electrons. The Morgan fingerprint density at radius 2 is 1.81 bits per heavy atom. The molecule has 1 fully saturated rings. The quantitative estimate of drug-likeness (QED) is 0.782. The molecule has 144 valence electrons. The second kappa shape index (κ2) is 8.63. The molecule has 1 amide bonds. The number of ether oxygens (including phenoxy) is 2. The van der Waals surface area contributed by atoms with Crippen LogP contribution in [0.5, 0.6) is 17.2 Å². The Morgan fingerprint density at radius 1 is 1.07 bits per heavy atom. The minimum absolute atomic E-state index is 0.00625. The van der Waals surface area contributed by atoms with Crippen molar-refractivity contribution < 1.29 is 19.4 Å². The van der Waals surface area contributed by atoms with E-state index in [9.17, 15) is 9.90 Å². The number of phenolic OH excluding ortho intramolecular Hbond substituents is 1. The number of phenols is 1. The van der Waals surface area contributed by atoms with Gasteiger partial charge < -0.3 is 19.5 Å². The number of hydrogen-bond donors (Lipinski definition) is 1. The van der Waals surface area contributed by atoms with Gasteiger partial charge in [-0.05, 0) is 36.4 Å². The molecular weight excluding hydrogens is 412 g/mol. The van der Waals surface area contributed by atoms with Crippen LogP contribution in [0.4, 0.5) is 0 Å². The molecule has 0 aliphatic carbocycles. The lowest BCUT2D eigenvalue weighted by molar-refractivity contribution is 0.0624. The number of aromatic hydroxyl groups is 1. The SMILES string of the molecule is COc1ccc(OC)c(CN2CCN(C(=O)c3cc(Br)ccc3O)CC2)c1. The summed E-state index contributed by atoms with van der Waals surface area (Å²) in [5, 5.41) is 9.99. The van der Waals surface area contributed by atoms with Crippen LogP contribution >= 0.6 is 15.9 Å². The standard InChI is InChI=1S/C20H23BrN2O4/c1-26-16-4-6-19(27-2)14(11-16)13-22-7-9-23(10-8-22)20(25)17-12-15(21)3-5-18(17)24/h3-6,11-12,24H,7-10,13H2,1-2H3. The van der Waals surface area contributed by atoms with Gasteiger partial charge in [-0.1, -0.05) is 15.9 Å². The van der Waals surface area contributed by atoms with Crippen LogP contribution in [0.15, 0.2) is 40.9 Å². The average Bonchev–Trinajstić information content (AvgIpc) is 2.69. The van der Waals surface area contributed by atoms with Gasteiger partial charge in [0.25, 0.3) is 5.91 Å². The Balaban J connectivity index is 1.64. The number of rotatable bonds is 5. The van der Waals surface area contributed by atoms with Crippen molar-refractivity contribution in [3.8, 4) is 17.2 Å². The first-order valence-electron chi connectivity index (χ1n) is 8.73. The molecule has 2 aromatic carbocycles. The van der Waals surface area contributed by atoms with Crippen LogP contribution in [0.2, 0.25) is 0 Å². The molecule has 0 saturated carbocycles. The summed E-state index contributed by atoms with van der Waals surface area (Å²) in [4.78, 5) is 16.8. The number of carbonyl (C=O) groups is 1. The maximum Gasteiger partial charge on any atom is 0.257 e. The monoisotopic (exact) mass is 434 g/mol. The number of benzene rings is 2. The molecule has 2 aromatic rings. The normalized spacial score (nSPS) is 14.9. The summed E-state index contributed by atoms with van der Waals surface area (Å²) in [5.74, 6) is 1.48. The zero-order chi connectivity index (χ0) is 19.4. The molecule has 1 heterocycles. The summed E-state index contributed by atoms with van der Waals surface area (Å²) in [6.45, 7) is 3.44. The molecule has 1 aliphatic heterocycles. The van der Waals surface area contributed by atoms with Crippen LogP contribution in [-0.4, -0.2) is 61.2 Å². The van der Waals surface area contributed by atoms with Crippen LogP contribution in [-0.2, 0) is 6.54 Å². The van der Waals surface area contributed by atoms with Crippen molar-refractivity contribution in [2.75, 3.05) is 40.4 Å². The number of carbonyl (C=O) groups excluding carboxylic acids is 1. The first kappa shape index (κ1) is 19.5. The van der Waals surface area contributed by atoms with Gasteiger partial charge in [-0.15, -0.1) is 0 Å². The van der Waals surface area contributed by atoms with Gasteiger partial charge in [-0.2, -0.15) is 0 Å². The predicted octanol–water partition coefficient (Wildman–Crippen LogP) is 3.13. The first-order valence-corrected chi connectivity index (χ1v) is 9.52. The zero-order valence-electron chi connectivity index (χ0n) is 15.4. The van der Waals surface area contributed by atoms with E-state index in [2.05, 4.69) is 20.8 Å². The Bertz CT molecular complexity index is 820. The average molecular weight is 435 g/mol. The molecule has 3 rings (SSSR count). The van der Waals surface area contributed by atoms with E-state index in [1.165, 1.54) is 6.07 Å². The number of nitrogens with zero attached hydrogens (tertiary/aromatic N) is 2. The highest BCUT2D eigenvalue weighted by Crippen LogP contribution is 2.27. The van der Waals surface area contributed by atoms with E-state index in [0.29, 0.717) is 18.7 Å². The second-order valence-electron chi connectivity index (χ2n) is 6.41. The number of piperazine rings is 1. The van der Waals surface area contributed by atoms with Gasteiger partial charge in [-0.3, -0.25) is 9.69 Å². The van der Waals surface area contributed by atoms with Crippen molar-refractivity contribution in [2.24, 2.45) is 0 Å². The lowest BCUT2D eigenvalue weighted by atomic mass is 10.1. The van der Waals surface area contributed by atoms with Crippen molar-refractivity contribution in [1.82, 2.24) is 9.80 Å². The smallest absolute Gasteiger partial charge is 0.257 e. The fourth-order valence-corrected chi connectivity index (χ4v) is 3.57. The summed E-state index contributed by atoms with van der Waals surface area (Å²) in [5.41, 5.74) is 1.38. The Morgan fingerprint density at radius 3 is 2.48 bits per heavy atom. The van der Waals surface area contributed by atoms with E-state index >= 15 is 0 Å². The van der Waals surface area contributed by atoms with Crippen LogP contribution < -0.4 is 9.47 Å². The third kappa shape index (κ3) is 4.54. The van der Waals surface area contributed by atoms with Gasteiger partial charge in [0.1, 0.15) is 17.2 Å². The van der Waals surface area contributed by atoms with Gasteiger partial charge in [0.2, 0.25) is 0 Å². The first-order chi connectivity index (χ1) is 13.0. The number of halogens is 1. The Hall–Kier alpha value is -2.25. The van der Waals surface area contributed by atoms with Gasteiger partial charge >= 0.3 is 0 Å². The topological polar surface area (TPSA) is 62.2 Å². The van der Waals surface area contributed by atoms with Gasteiger partial charge in [0, 0.05) is 42.8 Å². The summed E-state index contributed by atoms with van der Waals surface area (Å²) in [6, 6.07) is 10.7. The third-order valence-electron chi connectivity index (χ3n) is 4.73. The molecule has 0 bridgehead atoms. The Kier molecular flexibility index (Phi) is 6.23. The van der Waals surface area contributed by atoms with Crippen LogP contribution in [0.25, 0.3) is 0 Å². The fraction of sp³-hybridized carbons (Fsp3) is 0.350. The molecule has 0 spiro atoms. The lowest BCUT2D eigenvalue weighted by Crippen LogP contribution is -2.48. The van der Waals surface area contributed by atoms with E-state index in [-0.39, 0.29) is 11.7 Å². The van der Waals surface area contributed by atoms with Crippen LogP contribution in [0.3, 0.4) is 0 Å². The molecule has 0 atom stereocenters. The van der Waals surface area contributed by atoms with Crippen molar-refractivity contribution in [1.29, 1.82) is 0 Å². The van der Waals surface area contributed by atoms with E-state index < -0.39 is 0 Å². The van der Waals surface area contributed by atoms with Gasteiger partial charge in [0.05, 0.1) is 19.8 Å². The summed E-state index contributed by atoms with van der Waals surface area (Å²) in [6.07, 6.45) is 0. The molecule has 1 N–H and O–H groups in total. The molecule has 27 heavy (non-hydrogen) atoms. The largest absolute Gasteiger partial charge is 0.507 e. The molecule has 0 unspecified atom stereocenters. The Labute approximate surface area is 167 Å². The highest BCUT2D eigenvalue weighted by atomic mass is 79.9.